The molecule has 0 aliphatic rings. The van der Waals surface area contributed by atoms with E-state index < -0.39 is 48.3 Å². The van der Waals surface area contributed by atoms with Crippen LogP contribution in [0.25, 0.3) is 0 Å². The van der Waals surface area contributed by atoms with E-state index in [1.807, 2.05) is 5.32 Å². The Kier molecular flexibility index (Phi) is 4.76. The van der Waals surface area contributed by atoms with Crippen LogP contribution in [0.2, 0.25) is 0 Å². The van der Waals surface area contributed by atoms with E-state index >= 15 is 0 Å². The van der Waals surface area contributed by atoms with Gasteiger partial charge in [-0.15, -0.1) is 0 Å². The molecule has 19 heavy (non-hydrogen) atoms. The molecule has 0 fully saturated rings. The number of rotatable bonds is 4. The van der Waals surface area contributed by atoms with Crippen LogP contribution in [-0.2, 0) is 4.79 Å². The number of benzene rings is 1. The molecule has 106 valence electrons. The Morgan fingerprint density at radius 2 is 1.74 bits per heavy atom. The summed E-state index contributed by atoms with van der Waals surface area (Å²) in [6.45, 7) is -2.15. The van der Waals surface area contributed by atoms with Crippen molar-refractivity contribution >= 4 is 11.6 Å². The zero-order valence-electron chi connectivity index (χ0n) is 9.24. The van der Waals surface area contributed by atoms with Gasteiger partial charge in [0.15, 0.2) is 17.5 Å². The predicted octanol–water partition coefficient (Wildman–Crippen LogP) is 2.19. The molecule has 0 heterocycles. The van der Waals surface area contributed by atoms with Crippen molar-refractivity contribution in [2.75, 3.05) is 18.4 Å². The van der Waals surface area contributed by atoms with Gasteiger partial charge in [0.2, 0.25) is 5.91 Å². The van der Waals surface area contributed by atoms with Gasteiger partial charge < -0.3 is 10.6 Å². The van der Waals surface area contributed by atoms with Gasteiger partial charge >= 0.3 is 6.18 Å². The summed E-state index contributed by atoms with van der Waals surface area (Å²) in [4.78, 5) is 11.1. The molecule has 0 bridgehead atoms. The first-order valence-electron chi connectivity index (χ1n) is 4.91. The smallest absolute Gasteiger partial charge is 0.322 e. The molecule has 0 aliphatic heterocycles. The van der Waals surface area contributed by atoms with Crippen LogP contribution in [0, 0.1) is 17.5 Å². The molecule has 1 aromatic carbocycles. The summed E-state index contributed by atoms with van der Waals surface area (Å²) in [5.74, 6) is -5.86. The lowest BCUT2D eigenvalue weighted by Gasteiger charge is -2.09. The second-order valence-corrected chi connectivity index (χ2v) is 3.49. The Morgan fingerprint density at radius 3 is 2.32 bits per heavy atom. The number of anilines is 1. The minimum atomic E-state index is -4.49. The summed E-state index contributed by atoms with van der Waals surface area (Å²) in [7, 11) is 0. The van der Waals surface area contributed by atoms with E-state index in [1.165, 1.54) is 0 Å². The second kappa shape index (κ2) is 5.91. The van der Waals surface area contributed by atoms with E-state index in [-0.39, 0.29) is 0 Å². The standard InChI is InChI=1S/C10H8F6N2O/c11-5-1-2-6(9(13)8(5)12)18-7(19)3-17-4-10(14,15)16/h1-2,17H,3-4H2,(H,18,19). The first kappa shape index (κ1) is 15.3. The predicted molar refractivity (Wildman–Crippen MR) is 53.9 cm³/mol. The lowest BCUT2D eigenvalue weighted by molar-refractivity contribution is -0.126. The monoisotopic (exact) mass is 286 g/mol. The van der Waals surface area contributed by atoms with Crippen LogP contribution in [-0.4, -0.2) is 25.2 Å². The zero-order chi connectivity index (χ0) is 14.6. The summed E-state index contributed by atoms with van der Waals surface area (Å²) < 4.78 is 73.7. The van der Waals surface area contributed by atoms with Gasteiger partial charge in [0.05, 0.1) is 18.8 Å². The third-order valence-electron chi connectivity index (χ3n) is 1.92. The quantitative estimate of drug-likeness (QED) is 0.658. The number of hydrogen-bond donors (Lipinski definition) is 2. The Bertz CT molecular complexity index is 474. The molecule has 0 spiro atoms. The normalized spacial score (nSPS) is 11.5. The van der Waals surface area contributed by atoms with Crippen LogP contribution < -0.4 is 10.6 Å². The molecule has 0 radical (unpaired) electrons. The van der Waals surface area contributed by atoms with Gasteiger partial charge in [-0.3, -0.25) is 4.79 Å². The molecule has 0 aromatic heterocycles. The highest BCUT2D eigenvalue weighted by atomic mass is 19.4. The van der Waals surface area contributed by atoms with Crippen molar-refractivity contribution in [3.05, 3.63) is 29.6 Å². The van der Waals surface area contributed by atoms with Crippen LogP contribution in [0.5, 0.6) is 0 Å². The third kappa shape index (κ3) is 4.78. The lowest BCUT2D eigenvalue weighted by Crippen LogP contribution is -2.35. The first-order valence-corrected chi connectivity index (χ1v) is 4.91. The average molecular weight is 286 g/mol. The molecule has 3 nitrogen and oxygen atoms in total. The van der Waals surface area contributed by atoms with E-state index in [0.717, 1.165) is 6.07 Å². The Balaban J connectivity index is 2.56. The Morgan fingerprint density at radius 1 is 1.11 bits per heavy atom. The summed E-state index contributed by atoms with van der Waals surface area (Å²) in [5.41, 5.74) is -0.655. The molecule has 2 N–H and O–H groups in total. The van der Waals surface area contributed by atoms with E-state index in [9.17, 15) is 31.1 Å². The lowest BCUT2D eigenvalue weighted by atomic mass is 10.2. The van der Waals surface area contributed by atoms with Gasteiger partial charge in [-0.25, -0.2) is 13.2 Å². The molecule has 0 atom stereocenters. The van der Waals surface area contributed by atoms with Gasteiger partial charge in [-0.2, -0.15) is 13.2 Å². The summed E-state index contributed by atoms with van der Waals surface area (Å²) >= 11 is 0. The van der Waals surface area contributed by atoms with Crippen LogP contribution >= 0.6 is 0 Å². The topological polar surface area (TPSA) is 41.1 Å². The fourth-order valence-electron chi connectivity index (χ4n) is 1.13. The van der Waals surface area contributed by atoms with Crippen LogP contribution in [0.1, 0.15) is 0 Å². The second-order valence-electron chi connectivity index (χ2n) is 3.49. The van der Waals surface area contributed by atoms with Gasteiger partial charge in [-0.05, 0) is 12.1 Å². The van der Waals surface area contributed by atoms with E-state index in [4.69, 9.17) is 0 Å². The van der Waals surface area contributed by atoms with E-state index in [0.29, 0.717) is 6.07 Å². The van der Waals surface area contributed by atoms with Crippen molar-refractivity contribution in [3.8, 4) is 0 Å². The highest BCUT2D eigenvalue weighted by Crippen LogP contribution is 2.19. The molecule has 1 aromatic rings. The molecule has 1 rings (SSSR count). The zero-order valence-corrected chi connectivity index (χ0v) is 9.24. The average Bonchev–Trinajstić information content (AvgIpc) is 2.28. The van der Waals surface area contributed by atoms with Gasteiger partial charge in [0.25, 0.3) is 0 Å². The Labute approximate surface area is 103 Å². The maximum atomic E-state index is 13.1. The highest BCUT2D eigenvalue weighted by Gasteiger charge is 2.26. The molecule has 1 amide bonds. The van der Waals surface area contributed by atoms with Crippen molar-refractivity contribution in [2.45, 2.75) is 6.18 Å². The van der Waals surface area contributed by atoms with Crippen molar-refractivity contribution < 1.29 is 31.1 Å². The number of alkyl halides is 3. The molecular weight excluding hydrogens is 278 g/mol. The van der Waals surface area contributed by atoms with Crippen molar-refractivity contribution in [1.29, 1.82) is 0 Å². The fraction of sp³-hybridized carbons (Fsp3) is 0.300. The molecule has 0 saturated heterocycles. The largest absolute Gasteiger partial charge is 0.401 e. The minimum Gasteiger partial charge on any atom is -0.322 e. The molecule has 9 heteroatoms. The van der Waals surface area contributed by atoms with Gasteiger partial charge in [-0.1, -0.05) is 0 Å². The van der Waals surface area contributed by atoms with Crippen molar-refractivity contribution in [3.63, 3.8) is 0 Å². The van der Waals surface area contributed by atoms with Crippen LogP contribution in [0.15, 0.2) is 12.1 Å². The highest BCUT2D eigenvalue weighted by molar-refractivity contribution is 5.92. The maximum Gasteiger partial charge on any atom is 0.401 e. The first-order chi connectivity index (χ1) is 8.70. The van der Waals surface area contributed by atoms with Crippen molar-refractivity contribution in [2.24, 2.45) is 0 Å². The SMILES string of the molecule is O=C(CNCC(F)(F)F)Nc1ccc(F)c(F)c1F. The molecule has 0 saturated carbocycles. The third-order valence-corrected chi connectivity index (χ3v) is 1.92. The number of amides is 1. The molecule has 0 aliphatic carbocycles. The number of carbonyl (C=O) groups is 1. The maximum absolute atomic E-state index is 13.1. The summed E-state index contributed by atoms with van der Waals surface area (Å²) in [6.07, 6.45) is -4.49. The molecule has 0 unspecified atom stereocenters. The van der Waals surface area contributed by atoms with Crippen LogP contribution in [0.4, 0.5) is 32.0 Å². The molecular formula is C10H8F6N2O. The number of hydrogen-bond acceptors (Lipinski definition) is 2. The van der Waals surface area contributed by atoms with Gasteiger partial charge in [0, 0.05) is 0 Å². The van der Waals surface area contributed by atoms with Gasteiger partial charge in [0.1, 0.15) is 0 Å². The number of halogens is 6. The number of nitrogens with one attached hydrogen (secondary N) is 2. The van der Waals surface area contributed by atoms with Crippen LogP contribution in [0.3, 0.4) is 0 Å². The Hall–Kier alpha value is -1.77. The number of carbonyl (C=O) groups excluding carboxylic acids is 1. The van der Waals surface area contributed by atoms with E-state index in [1.54, 1.807) is 5.32 Å². The minimum absolute atomic E-state index is 0.581. The summed E-state index contributed by atoms with van der Waals surface area (Å²) in [6, 6.07) is 1.34. The van der Waals surface area contributed by atoms with E-state index in [2.05, 4.69) is 0 Å². The fourth-order valence-corrected chi connectivity index (χ4v) is 1.13. The summed E-state index contributed by atoms with van der Waals surface area (Å²) in [5, 5.41) is 3.58. The van der Waals surface area contributed by atoms with Crippen molar-refractivity contribution in [1.82, 2.24) is 5.32 Å².